The standard InChI is InChI=1S/C23H31N5O3.H2/c1-23(2)12-17(8-9-19(23)29)27-21-16(13-24)14-26-22(28-21)25-11-10-15-6-5-7-18(30-3)20(15)31-4;/h5-7,14,17,19,29H,8-12H2,1-4H3,(H2,25,26,27,28);1H/t17-,19+;/m1./s1. The van der Waals surface area contributed by atoms with Crippen LogP contribution in [0, 0.1) is 16.7 Å². The van der Waals surface area contributed by atoms with Gasteiger partial charge in [-0.25, -0.2) is 4.98 Å². The predicted octanol–water partition coefficient (Wildman–Crippen LogP) is 3.62. The second-order valence-electron chi connectivity index (χ2n) is 8.52. The van der Waals surface area contributed by atoms with Crippen molar-refractivity contribution in [1.29, 1.82) is 5.26 Å². The van der Waals surface area contributed by atoms with Crippen LogP contribution in [0.25, 0.3) is 0 Å². The third-order valence-corrected chi connectivity index (χ3v) is 5.88. The lowest BCUT2D eigenvalue weighted by Gasteiger charge is -2.40. The van der Waals surface area contributed by atoms with Gasteiger partial charge in [0.2, 0.25) is 5.95 Å². The van der Waals surface area contributed by atoms with Crippen LogP contribution in [0.15, 0.2) is 24.4 Å². The maximum Gasteiger partial charge on any atom is 0.224 e. The smallest absolute Gasteiger partial charge is 0.224 e. The summed E-state index contributed by atoms with van der Waals surface area (Å²) in [6.07, 6.45) is 4.29. The van der Waals surface area contributed by atoms with E-state index in [1.165, 1.54) is 6.20 Å². The van der Waals surface area contributed by atoms with Crippen molar-refractivity contribution in [2.24, 2.45) is 5.41 Å². The highest BCUT2D eigenvalue weighted by atomic mass is 16.5. The number of aliphatic hydroxyl groups excluding tert-OH is 1. The fraction of sp³-hybridized carbons (Fsp3) is 0.522. The van der Waals surface area contributed by atoms with Crippen molar-refractivity contribution in [2.45, 2.75) is 51.7 Å². The van der Waals surface area contributed by atoms with Crippen LogP contribution in [0.4, 0.5) is 11.8 Å². The summed E-state index contributed by atoms with van der Waals surface area (Å²) in [6.45, 7) is 4.73. The number of aromatic nitrogens is 2. The van der Waals surface area contributed by atoms with E-state index in [0.29, 0.717) is 36.0 Å². The van der Waals surface area contributed by atoms with Gasteiger partial charge in [-0.1, -0.05) is 26.0 Å². The molecule has 8 nitrogen and oxygen atoms in total. The molecule has 0 unspecified atom stereocenters. The molecule has 0 radical (unpaired) electrons. The second kappa shape index (κ2) is 9.84. The van der Waals surface area contributed by atoms with Crippen molar-refractivity contribution >= 4 is 11.8 Å². The van der Waals surface area contributed by atoms with E-state index in [9.17, 15) is 10.4 Å². The summed E-state index contributed by atoms with van der Waals surface area (Å²) in [7, 11) is 3.25. The third-order valence-electron chi connectivity index (χ3n) is 5.88. The number of benzene rings is 1. The summed E-state index contributed by atoms with van der Waals surface area (Å²) < 4.78 is 10.8. The summed E-state index contributed by atoms with van der Waals surface area (Å²) in [5.41, 5.74) is 1.25. The van der Waals surface area contributed by atoms with Crippen molar-refractivity contribution in [3.8, 4) is 17.6 Å². The summed E-state index contributed by atoms with van der Waals surface area (Å²) in [6, 6.07) is 8.09. The summed E-state index contributed by atoms with van der Waals surface area (Å²) >= 11 is 0. The van der Waals surface area contributed by atoms with E-state index in [2.05, 4.69) is 40.5 Å². The number of hydrogen-bond donors (Lipinski definition) is 3. The third kappa shape index (κ3) is 5.36. The Morgan fingerprint density at radius 1 is 1.29 bits per heavy atom. The Kier molecular flexibility index (Phi) is 7.18. The van der Waals surface area contributed by atoms with Crippen LogP contribution in [0.1, 0.15) is 45.7 Å². The maximum atomic E-state index is 10.2. The first-order chi connectivity index (χ1) is 14.9. The van der Waals surface area contributed by atoms with Gasteiger partial charge in [-0.05, 0) is 42.7 Å². The molecule has 3 rings (SSSR count). The van der Waals surface area contributed by atoms with Crippen LogP contribution in [0.3, 0.4) is 0 Å². The zero-order valence-corrected chi connectivity index (χ0v) is 18.6. The van der Waals surface area contributed by atoms with Gasteiger partial charge in [0, 0.05) is 14.0 Å². The molecule has 0 amide bonds. The summed E-state index contributed by atoms with van der Waals surface area (Å²) in [4.78, 5) is 8.81. The molecule has 1 heterocycles. The maximum absolute atomic E-state index is 10.2. The number of anilines is 2. The van der Waals surface area contributed by atoms with E-state index in [1.807, 2.05) is 18.2 Å². The molecule has 3 N–H and O–H groups in total. The lowest BCUT2D eigenvalue weighted by molar-refractivity contribution is 0.00926. The van der Waals surface area contributed by atoms with E-state index in [-0.39, 0.29) is 19.0 Å². The average molecular weight is 428 g/mol. The number of methoxy groups -OCH3 is 2. The molecule has 1 aromatic carbocycles. The molecule has 8 heteroatoms. The topological polar surface area (TPSA) is 112 Å². The van der Waals surface area contributed by atoms with Gasteiger partial charge >= 0.3 is 0 Å². The number of ether oxygens (including phenoxy) is 2. The highest BCUT2D eigenvalue weighted by Crippen LogP contribution is 2.37. The number of hydrogen-bond acceptors (Lipinski definition) is 8. The van der Waals surface area contributed by atoms with Crippen LogP contribution in [0.2, 0.25) is 0 Å². The molecule has 1 fully saturated rings. The number of nitrogens with one attached hydrogen (secondary N) is 2. The molecule has 2 aromatic rings. The van der Waals surface area contributed by atoms with Crippen molar-refractivity contribution in [1.82, 2.24) is 9.97 Å². The number of aliphatic hydroxyl groups is 1. The largest absolute Gasteiger partial charge is 0.493 e. The zero-order chi connectivity index (χ0) is 22.4. The normalized spacial score (nSPS) is 19.9. The Morgan fingerprint density at radius 3 is 2.77 bits per heavy atom. The van der Waals surface area contributed by atoms with Gasteiger partial charge in [-0.15, -0.1) is 0 Å². The first kappa shape index (κ1) is 22.6. The minimum absolute atomic E-state index is 0. The average Bonchev–Trinajstić information content (AvgIpc) is 2.76. The second-order valence-corrected chi connectivity index (χ2v) is 8.52. The zero-order valence-electron chi connectivity index (χ0n) is 18.6. The molecule has 1 aliphatic rings. The molecule has 0 bridgehead atoms. The minimum atomic E-state index is -0.308. The quantitative estimate of drug-likeness (QED) is 0.586. The Labute approximate surface area is 185 Å². The summed E-state index contributed by atoms with van der Waals surface area (Å²) in [5.74, 6) is 2.40. The first-order valence-corrected chi connectivity index (χ1v) is 10.5. The van der Waals surface area contributed by atoms with Gasteiger partial charge in [-0.2, -0.15) is 10.2 Å². The van der Waals surface area contributed by atoms with Gasteiger partial charge in [0.1, 0.15) is 17.5 Å². The first-order valence-electron chi connectivity index (χ1n) is 10.5. The Hall–Kier alpha value is -3.05. The highest BCUT2D eigenvalue weighted by Gasteiger charge is 2.35. The van der Waals surface area contributed by atoms with Crippen molar-refractivity contribution in [2.75, 3.05) is 31.4 Å². The molecular weight excluding hydrogens is 394 g/mol. The highest BCUT2D eigenvalue weighted by molar-refractivity contribution is 5.54. The lowest BCUT2D eigenvalue weighted by atomic mass is 9.73. The number of nitrogens with zero attached hydrogens (tertiary/aromatic N) is 3. The molecule has 0 aliphatic heterocycles. The fourth-order valence-corrected chi connectivity index (χ4v) is 4.06. The van der Waals surface area contributed by atoms with E-state index in [0.717, 1.165) is 30.6 Å². The molecule has 0 saturated heterocycles. The summed E-state index contributed by atoms with van der Waals surface area (Å²) in [5, 5.41) is 26.3. The molecule has 1 aliphatic carbocycles. The Morgan fingerprint density at radius 2 is 2.10 bits per heavy atom. The predicted molar refractivity (Wildman–Crippen MR) is 122 cm³/mol. The van der Waals surface area contributed by atoms with Crippen molar-refractivity contribution < 1.29 is 16.0 Å². The van der Waals surface area contributed by atoms with Gasteiger partial charge in [0.05, 0.1) is 26.5 Å². The Bertz CT molecular complexity index is 948. The lowest BCUT2D eigenvalue weighted by Crippen LogP contribution is -2.41. The number of para-hydroxylation sites is 1. The molecule has 0 spiro atoms. The van der Waals surface area contributed by atoms with Crippen LogP contribution < -0.4 is 20.1 Å². The van der Waals surface area contributed by atoms with Crippen LogP contribution in [0.5, 0.6) is 11.5 Å². The fourth-order valence-electron chi connectivity index (χ4n) is 4.06. The molecule has 168 valence electrons. The van der Waals surface area contributed by atoms with E-state index >= 15 is 0 Å². The van der Waals surface area contributed by atoms with Gasteiger partial charge < -0.3 is 25.2 Å². The minimum Gasteiger partial charge on any atom is -0.493 e. The SMILES string of the molecule is COc1cccc(CCNc2ncc(C#N)c(N[C@@H]3CC[C@H](O)C(C)(C)C3)n2)c1OC.[HH]. The van der Waals surface area contributed by atoms with E-state index in [4.69, 9.17) is 9.47 Å². The van der Waals surface area contributed by atoms with Gasteiger partial charge in [-0.3, -0.25) is 0 Å². The molecular formula is C23H33N5O3. The van der Waals surface area contributed by atoms with Crippen LogP contribution in [-0.2, 0) is 6.42 Å². The number of nitriles is 1. The van der Waals surface area contributed by atoms with Crippen molar-refractivity contribution in [3.63, 3.8) is 0 Å². The van der Waals surface area contributed by atoms with Gasteiger partial charge in [0.25, 0.3) is 0 Å². The Balaban J connectivity index is 0.00000363. The van der Waals surface area contributed by atoms with E-state index in [1.54, 1.807) is 14.2 Å². The molecule has 1 aromatic heterocycles. The van der Waals surface area contributed by atoms with Crippen LogP contribution in [-0.4, -0.2) is 48.0 Å². The van der Waals surface area contributed by atoms with Gasteiger partial charge in [0.15, 0.2) is 11.5 Å². The van der Waals surface area contributed by atoms with Crippen molar-refractivity contribution in [3.05, 3.63) is 35.5 Å². The van der Waals surface area contributed by atoms with Crippen LogP contribution >= 0.6 is 0 Å². The monoisotopic (exact) mass is 427 g/mol. The van der Waals surface area contributed by atoms with E-state index < -0.39 is 0 Å². The molecule has 1 saturated carbocycles. The molecule has 2 atom stereocenters. The molecule has 31 heavy (non-hydrogen) atoms. The number of rotatable bonds is 8.